The van der Waals surface area contributed by atoms with Crippen molar-refractivity contribution >= 4 is 0 Å². The molecule has 1 nitrogen and oxygen atoms in total. The van der Waals surface area contributed by atoms with Gasteiger partial charge in [0, 0.05) is 0 Å². The van der Waals surface area contributed by atoms with Crippen LogP contribution in [0.3, 0.4) is 0 Å². The number of benzene rings is 1. The van der Waals surface area contributed by atoms with Crippen LogP contribution in [-0.4, -0.2) is 6.10 Å². The summed E-state index contributed by atoms with van der Waals surface area (Å²) in [7, 11) is 0. The van der Waals surface area contributed by atoms with Crippen molar-refractivity contribution in [3.63, 3.8) is 0 Å². The minimum Gasteiger partial charge on any atom is -0.485 e. The van der Waals surface area contributed by atoms with E-state index < -0.39 is 11.6 Å². The minimum absolute atomic E-state index is 0.175. The standard InChI is InChI=1S/C10H12F2O/c1-3-7(2)13-10-8(11)5-4-6-9(10)12/h4-7H,3H2,1-2H3. The Morgan fingerprint density at radius 1 is 1.31 bits per heavy atom. The van der Waals surface area contributed by atoms with Gasteiger partial charge in [0.1, 0.15) is 0 Å². The van der Waals surface area contributed by atoms with E-state index in [-0.39, 0.29) is 11.9 Å². The first-order chi connectivity index (χ1) is 6.15. The van der Waals surface area contributed by atoms with E-state index in [1.165, 1.54) is 18.2 Å². The second-order valence-corrected chi connectivity index (χ2v) is 2.89. The van der Waals surface area contributed by atoms with Gasteiger partial charge in [0.05, 0.1) is 6.10 Å². The van der Waals surface area contributed by atoms with Crippen molar-refractivity contribution in [1.82, 2.24) is 0 Å². The highest BCUT2D eigenvalue weighted by atomic mass is 19.1. The second-order valence-electron chi connectivity index (χ2n) is 2.89. The summed E-state index contributed by atoms with van der Waals surface area (Å²) in [5, 5.41) is 0. The third-order valence-electron chi connectivity index (χ3n) is 1.81. The average Bonchev–Trinajstić information content (AvgIpc) is 2.11. The summed E-state index contributed by atoms with van der Waals surface area (Å²) in [5.41, 5.74) is 0. The zero-order chi connectivity index (χ0) is 9.84. The molecule has 1 rings (SSSR count). The molecule has 0 spiro atoms. The smallest absolute Gasteiger partial charge is 0.191 e. The van der Waals surface area contributed by atoms with Crippen LogP contribution in [0.15, 0.2) is 18.2 Å². The van der Waals surface area contributed by atoms with Crippen LogP contribution in [0.2, 0.25) is 0 Å². The molecule has 0 saturated heterocycles. The van der Waals surface area contributed by atoms with E-state index in [1.54, 1.807) is 6.92 Å². The number of hydrogen-bond acceptors (Lipinski definition) is 1. The van der Waals surface area contributed by atoms with Crippen molar-refractivity contribution in [1.29, 1.82) is 0 Å². The van der Waals surface area contributed by atoms with E-state index >= 15 is 0 Å². The van der Waals surface area contributed by atoms with E-state index in [1.807, 2.05) is 6.92 Å². The summed E-state index contributed by atoms with van der Waals surface area (Å²) < 4.78 is 31.0. The number of ether oxygens (including phenoxy) is 1. The molecule has 1 aromatic carbocycles. The van der Waals surface area contributed by atoms with Gasteiger partial charge in [-0.3, -0.25) is 0 Å². The van der Waals surface area contributed by atoms with Gasteiger partial charge in [-0.05, 0) is 25.5 Å². The Balaban J connectivity index is 2.87. The maximum atomic E-state index is 13.0. The molecule has 0 N–H and O–H groups in total. The van der Waals surface area contributed by atoms with Gasteiger partial charge in [-0.15, -0.1) is 0 Å². The van der Waals surface area contributed by atoms with Crippen LogP contribution in [-0.2, 0) is 0 Å². The molecule has 13 heavy (non-hydrogen) atoms. The molecule has 0 aliphatic carbocycles. The van der Waals surface area contributed by atoms with Crippen molar-refractivity contribution in [2.24, 2.45) is 0 Å². The van der Waals surface area contributed by atoms with Crippen molar-refractivity contribution in [2.45, 2.75) is 26.4 Å². The minimum atomic E-state index is -0.653. The Kier molecular flexibility index (Phi) is 3.23. The first-order valence-corrected chi connectivity index (χ1v) is 4.25. The van der Waals surface area contributed by atoms with Crippen molar-refractivity contribution < 1.29 is 13.5 Å². The zero-order valence-corrected chi connectivity index (χ0v) is 7.68. The van der Waals surface area contributed by atoms with Gasteiger partial charge in [-0.25, -0.2) is 8.78 Å². The Morgan fingerprint density at radius 3 is 2.31 bits per heavy atom. The van der Waals surface area contributed by atoms with E-state index in [9.17, 15) is 8.78 Å². The molecular weight excluding hydrogens is 174 g/mol. The van der Waals surface area contributed by atoms with Crippen LogP contribution in [0.4, 0.5) is 8.78 Å². The average molecular weight is 186 g/mol. The molecule has 0 radical (unpaired) electrons. The normalized spacial score (nSPS) is 12.6. The van der Waals surface area contributed by atoms with E-state index in [0.717, 1.165) is 0 Å². The van der Waals surface area contributed by atoms with Gasteiger partial charge in [0.2, 0.25) is 0 Å². The number of rotatable bonds is 3. The molecule has 72 valence electrons. The van der Waals surface area contributed by atoms with Crippen LogP contribution in [0, 0.1) is 11.6 Å². The summed E-state index contributed by atoms with van der Waals surface area (Å²) >= 11 is 0. The predicted molar refractivity (Wildman–Crippen MR) is 46.7 cm³/mol. The fraction of sp³-hybridized carbons (Fsp3) is 0.400. The summed E-state index contributed by atoms with van der Waals surface area (Å²) in [6, 6.07) is 3.68. The monoisotopic (exact) mass is 186 g/mol. The predicted octanol–water partition coefficient (Wildman–Crippen LogP) is 3.14. The third kappa shape index (κ3) is 2.41. The Hall–Kier alpha value is -1.12. The Morgan fingerprint density at radius 2 is 1.85 bits per heavy atom. The molecule has 0 aromatic heterocycles. The molecule has 0 aliphatic heterocycles. The van der Waals surface area contributed by atoms with E-state index in [4.69, 9.17) is 4.74 Å². The Labute approximate surface area is 76.3 Å². The van der Waals surface area contributed by atoms with E-state index in [0.29, 0.717) is 6.42 Å². The second kappa shape index (κ2) is 4.21. The zero-order valence-electron chi connectivity index (χ0n) is 7.68. The first kappa shape index (κ1) is 9.96. The topological polar surface area (TPSA) is 9.23 Å². The first-order valence-electron chi connectivity index (χ1n) is 4.25. The molecule has 0 fully saturated rings. The summed E-state index contributed by atoms with van der Waals surface area (Å²) in [4.78, 5) is 0. The van der Waals surface area contributed by atoms with Gasteiger partial charge in [-0.1, -0.05) is 13.0 Å². The molecule has 0 amide bonds. The maximum absolute atomic E-state index is 13.0. The highest BCUT2D eigenvalue weighted by Gasteiger charge is 2.11. The van der Waals surface area contributed by atoms with Crippen molar-refractivity contribution in [3.05, 3.63) is 29.8 Å². The van der Waals surface area contributed by atoms with Gasteiger partial charge < -0.3 is 4.74 Å². The van der Waals surface area contributed by atoms with Crippen LogP contribution in [0.1, 0.15) is 20.3 Å². The fourth-order valence-electron chi connectivity index (χ4n) is 0.880. The highest BCUT2D eigenvalue weighted by Crippen LogP contribution is 2.22. The number of halogens is 2. The summed E-state index contributed by atoms with van der Waals surface area (Å²) in [5.74, 6) is -1.59. The van der Waals surface area contributed by atoms with Crippen molar-refractivity contribution in [3.8, 4) is 5.75 Å². The molecule has 0 bridgehead atoms. The van der Waals surface area contributed by atoms with Crippen LogP contribution < -0.4 is 4.74 Å². The number of hydrogen-bond donors (Lipinski definition) is 0. The lowest BCUT2D eigenvalue weighted by atomic mass is 10.3. The lowest BCUT2D eigenvalue weighted by molar-refractivity contribution is 0.197. The van der Waals surface area contributed by atoms with Crippen LogP contribution in [0.5, 0.6) is 5.75 Å². The SMILES string of the molecule is CCC(C)Oc1c(F)cccc1F. The quantitative estimate of drug-likeness (QED) is 0.704. The molecule has 0 heterocycles. The molecular formula is C10H12F2O. The molecule has 1 unspecified atom stereocenters. The highest BCUT2D eigenvalue weighted by molar-refractivity contribution is 5.26. The van der Waals surface area contributed by atoms with Crippen molar-refractivity contribution in [2.75, 3.05) is 0 Å². The lowest BCUT2D eigenvalue weighted by Gasteiger charge is -2.13. The fourth-order valence-corrected chi connectivity index (χ4v) is 0.880. The molecule has 1 atom stereocenters. The lowest BCUT2D eigenvalue weighted by Crippen LogP contribution is -2.11. The third-order valence-corrected chi connectivity index (χ3v) is 1.81. The van der Waals surface area contributed by atoms with Gasteiger partial charge in [0.25, 0.3) is 0 Å². The van der Waals surface area contributed by atoms with Gasteiger partial charge >= 0.3 is 0 Å². The van der Waals surface area contributed by atoms with Gasteiger partial charge in [0.15, 0.2) is 17.4 Å². The van der Waals surface area contributed by atoms with Gasteiger partial charge in [-0.2, -0.15) is 0 Å². The molecule has 3 heteroatoms. The molecule has 1 aromatic rings. The summed E-state index contributed by atoms with van der Waals surface area (Å²) in [6.07, 6.45) is 0.541. The maximum Gasteiger partial charge on any atom is 0.191 e. The summed E-state index contributed by atoms with van der Waals surface area (Å²) in [6.45, 7) is 3.66. The largest absolute Gasteiger partial charge is 0.485 e. The molecule has 0 aliphatic rings. The van der Waals surface area contributed by atoms with Crippen LogP contribution in [0.25, 0.3) is 0 Å². The van der Waals surface area contributed by atoms with E-state index in [2.05, 4.69) is 0 Å². The molecule has 0 saturated carbocycles. The number of para-hydroxylation sites is 1. The Bertz CT molecular complexity index is 266. The van der Waals surface area contributed by atoms with Crippen LogP contribution >= 0.6 is 0 Å².